The van der Waals surface area contributed by atoms with Crippen LogP contribution in [-0.4, -0.2) is 18.7 Å². The Morgan fingerprint density at radius 2 is 2.00 bits per heavy atom. The molecule has 2 N–H and O–H groups in total. The summed E-state index contributed by atoms with van der Waals surface area (Å²) in [6.45, 7) is 9.51. The van der Waals surface area contributed by atoms with E-state index in [9.17, 15) is 0 Å². The highest BCUT2D eigenvalue weighted by atomic mass is 16.5. The highest BCUT2D eigenvalue weighted by molar-refractivity contribution is 5.77. The lowest BCUT2D eigenvalue weighted by molar-refractivity contribution is 0.243. The number of fused-ring (bicyclic) bond motifs is 1. The number of nitrogens with one attached hydrogen (secondary N) is 2. The third kappa shape index (κ3) is 2.65. The first kappa shape index (κ1) is 12.1. The molecule has 1 aromatic rings. The number of rotatable bonds is 3. The fourth-order valence-electron chi connectivity index (χ4n) is 2.05. The van der Waals surface area contributed by atoms with E-state index in [0.29, 0.717) is 12.0 Å². The molecule has 94 valence electrons. The predicted octanol–water partition coefficient (Wildman–Crippen LogP) is 3.34. The molecule has 0 amide bonds. The minimum absolute atomic E-state index is 0.200. The second kappa shape index (κ2) is 4.86. The zero-order valence-corrected chi connectivity index (χ0v) is 11.1. The maximum atomic E-state index is 5.81. The Labute approximate surface area is 104 Å². The monoisotopic (exact) mass is 234 g/mol. The molecule has 1 aromatic carbocycles. The SMILES string of the molecule is CC(C)Oc1cccc2c1NCC(C(C)C)N2. The molecule has 1 unspecified atom stereocenters. The van der Waals surface area contributed by atoms with Crippen LogP contribution in [0.3, 0.4) is 0 Å². The van der Waals surface area contributed by atoms with Gasteiger partial charge in [0.25, 0.3) is 0 Å². The number of para-hydroxylation sites is 1. The van der Waals surface area contributed by atoms with Gasteiger partial charge in [-0.1, -0.05) is 19.9 Å². The van der Waals surface area contributed by atoms with Gasteiger partial charge in [-0.25, -0.2) is 0 Å². The quantitative estimate of drug-likeness (QED) is 0.841. The molecular formula is C14H22N2O. The normalized spacial score (nSPS) is 18.6. The van der Waals surface area contributed by atoms with Gasteiger partial charge in [-0.3, -0.25) is 0 Å². The van der Waals surface area contributed by atoms with E-state index in [-0.39, 0.29) is 6.10 Å². The summed E-state index contributed by atoms with van der Waals surface area (Å²) in [5, 5.41) is 7.05. The molecule has 3 nitrogen and oxygen atoms in total. The molecule has 17 heavy (non-hydrogen) atoms. The van der Waals surface area contributed by atoms with Gasteiger partial charge in [0, 0.05) is 12.6 Å². The summed E-state index contributed by atoms with van der Waals surface area (Å²) in [6, 6.07) is 6.64. The first-order chi connectivity index (χ1) is 8.08. The summed E-state index contributed by atoms with van der Waals surface area (Å²) in [4.78, 5) is 0. The van der Waals surface area contributed by atoms with Crippen LogP contribution in [0.25, 0.3) is 0 Å². The zero-order valence-electron chi connectivity index (χ0n) is 11.1. The van der Waals surface area contributed by atoms with Gasteiger partial charge in [-0.05, 0) is 31.9 Å². The van der Waals surface area contributed by atoms with Crippen molar-refractivity contribution >= 4 is 11.4 Å². The molecule has 0 saturated heterocycles. The molecule has 1 aliphatic rings. The van der Waals surface area contributed by atoms with E-state index >= 15 is 0 Å². The predicted molar refractivity (Wildman–Crippen MR) is 72.9 cm³/mol. The van der Waals surface area contributed by atoms with E-state index in [0.717, 1.165) is 23.7 Å². The Morgan fingerprint density at radius 1 is 1.24 bits per heavy atom. The molecule has 0 saturated carbocycles. The van der Waals surface area contributed by atoms with Gasteiger partial charge in [0.05, 0.1) is 11.8 Å². The van der Waals surface area contributed by atoms with E-state index in [2.05, 4.69) is 30.5 Å². The number of hydrogen-bond donors (Lipinski definition) is 2. The first-order valence-electron chi connectivity index (χ1n) is 6.38. The van der Waals surface area contributed by atoms with E-state index in [1.165, 1.54) is 0 Å². The van der Waals surface area contributed by atoms with Crippen molar-refractivity contribution in [3.8, 4) is 5.75 Å². The molecular weight excluding hydrogens is 212 g/mol. The molecule has 0 aromatic heterocycles. The number of benzene rings is 1. The van der Waals surface area contributed by atoms with Gasteiger partial charge in [0.1, 0.15) is 11.4 Å². The van der Waals surface area contributed by atoms with E-state index in [4.69, 9.17) is 4.74 Å². The molecule has 0 fully saturated rings. The fraction of sp³-hybridized carbons (Fsp3) is 0.571. The topological polar surface area (TPSA) is 33.3 Å². The maximum absolute atomic E-state index is 5.81. The van der Waals surface area contributed by atoms with Crippen LogP contribution < -0.4 is 15.4 Å². The van der Waals surface area contributed by atoms with E-state index < -0.39 is 0 Å². The maximum Gasteiger partial charge on any atom is 0.144 e. The Bertz CT molecular complexity index is 388. The largest absolute Gasteiger partial charge is 0.489 e. The van der Waals surface area contributed by atoms with Crippen LogP contribution in [0, 0.1) is 5.92 Å². The van der Waals surface area contributed by atoms with Crippen LogP contribution in [0.15, 0.2) is 18.2 Å². The van der Waals surface area contributed by atoms with Crippen molar-refractivity contribution in [3.05, 3.63) is 18.2 Å². The fourth-order valence-corrected chi connectivity index (χ4v) is 2.05. The van der Waals surface area contributed by atoms with Crippen LogP contribution >= 0.6 is 0 Å². The van der Waals surface area contributed by atoms with Gasteiger partial charge in [-0.15, -0.1) is 0 Å². The van der Waals surface area contributed by atoms with Crippen LogP contribution in [0.5, 0.6) is 5.75 Å². The lowest BCUT2D eigenvalue weighted by Gasteiger charge is -2.32. The lowest BCUT2D eigenvalue weighted by Crippen LogP contribution is -2.37. The minimum atomic E-state index is 0.200. The van der Waals surface area contributed by atoms with E-state index in [1.807, 2.05) is 26.0 Å². The molecule has 2 rings (SSSR count). The second-order valence-electron chi connectivity index (χ2n) is 5.22. The second-order valence-corrected chi connectivity index (χ2v) is 5.22. The van der Waals surface area contributed by atoms with Crippen molar-refractivity contribution in [2.75, 3.05) is 17.2 Å². The molecule has 3 heteroatoms. The summed E-state index contributed by atoms with van der Waals surface area (Å²) in [5.74, 6) is 1.55. The Morgan fingerprint density at radius 3 is 2.65 bits per heavy atom. The van der Waals surface area contributed by atoms with Crippen molar-refractivity contribution in [1.29, 1.82) is 0 Å². The number of ether oxygens (including phenoxy) is 1. The highest BCUT2D eigenvalue weighted by Gasteiger charge is 2.22. The number of anilines is 2. The molecule has 0 bridgehead atoms. The average molecular weight is 234 g/mol. The summed E-state index contributed by atoms with van der Waals surface area (Å²) in [5.41, 5.74) is 2.24. The Kier molecular flexibility index (Phi) is 3.46. The van der Waals surface area contributed by atoms with Crippen LogP contribution in [0.4, 0.5) is 11.4 Å². The van der Waals surface area contributed by atoms with Crippen LogP contribution in [0.2, 0.25) is 0 Å². The highest BCUT2D eigenvalue weighted by Crippen LogP contribution is 2.36. The van der Waals surface area contributed by atoms with Crippen molar-refractivity contribution in [2.45, 2.75) is 39.8 Å². The summed E-state index contributed by atoms with van der Waals surface area (Å²) in [7, 11) is 0. The van der Waals surface area contributed by atoms with Crippen LogP contribution in [-0.2, 0) is 0 Å². The molecule has 0 aliphatic carbocycles. The molecule has 1 heterocycles. The van der Waals surface area contributed by atoms with Gasteiger partial charge in [0.2, 0.25) is 0 Å². The van der Waals surface area contributed by atoms with E-state index in [1.54, 1.807) is 0 Å². The first-order valence-corrected chi connectivity index (χ1v) is 6.38. The minimum Gasteiger partial charge on any atom is -0.489 e. The van der Waals surface area contributed by atoms with Crippen LogP contribution in [0.1, 0.15) is 27.7 Å². The Hall–Kier alpha value is -1.38. The summed E-state index contributed by atoms with van der Waals surface area (Å²) in [6.07, 6.45) is 0.200. The lowest BCUT2D eigenvalue weighted by atomic mass is 10.0. The van der Waals surface area contributed by atoms with Gasteiger partial charge in [-0.2, -0.15) is 0 Å². The van der Waals surface area contributed by atoms with Crippen molar-refractivity contribution in [1.82, 2.24) is 0 Å². The van der Waals surface area contributed by atoms with Crippen molar-refractivity contribution in [3.63, 3.8) is 0 Å². The third-order valence-corrected chi connectivity index (χ3v) is 3.03. The number of hydrogen-bond acceptors (Lipinski definition) is 3. The smallest absolute Gasteiger partial charge is 0.144 e. The standard InChI is InChI=1S/C14H22N2O/c1-9(2)12-8-15-14-11(16-12)6-5-7-13(14)17-10(3)4/h5-7,9-10,12,15-16H,8H2,1-4H3. The molecule has 1 aliphatic heterocycles. The third-order valence-electron chi connectivity index (χ3n) is 3.03. The van der Waals surface area contributed by atoms with Gasteiger partial charge in [0.15, 0.2) is 0 Å². The van der Waals surface area contributed by atoms with Gasteiger partial charge < -0.3 is 15.4 Å². The molecule has 0 radical (unpaired) electrons. The van der Waals surface area contributed by atoms with Crippen molar-refractivity contribution < 1.29 is 4.74 Å². The zero-order chi connectivity index (χ0) is 12.4. The van der Waals surface area contributed by atoms with Gasteiger partial charge >= 0.3 is 0 Å². The summed E-state index contributed by atoms with van der Waals surface area (Å²) >= 11 is 0. The summed E-state index contributed by atoms with van der Waals surface area (Å²) < 4.78 is 5.81. The molecule has 1 atom stereocenters. The average Bonchev–Trinajstić information content (AvgIpc) is 2.28. The van der Waals surface area contributed by atoms with Crippen molar-refractivity contribution in [2.24, 2.45) is 5.92 Å². The Balaban J connectivity index is 2.23. The molecule has 0 spiro atoms.